The molecule has 8 heteroatoms. The van der Waals surface area contributed by atoms with E-state index in [2.05, 4.69) is 10.6 Å². The Morgan fingerprint density at radius 2 is 1.65 bits per heavy atom. The summed E-state index contributed by atoms with van der Waals surface area (Å²) < 4.78 is 23.9. The molecule has 0 saturated heterocycles. The fourth-order valence-corrected chi connectivity index (χ4v) is 3.87. The second kappa shape index (κ2) is 10.2. The van der Waals surface area contributed by atoms with E-state index in [1.54, 1.807) is 49.5 Å². The first-order valence-corrected chi connectivity index (χ1v) is 10.9. The molecule has 0 atom stereocenters. The highest BCUT2D eigenvalue weighted by Gasteiger charge is 2.23. The van der Waals surface area contributed by atoms with Crippen molar-refractivity contribution < 1.29 is 23.5 Å². The molecule has 0 aromatic heterocycles. The van der Waals surface area contributed by atoms with Gasteiger partial charge in [-0.2, -0.15) is 0 Å². The number of amides is 3. The number of halogens is 1. The Balaban J connectivity index is 1.27. The summed E-state index contributed by atoms with van der Waals surface area (Å²) in [5, 5.41) is 5.72. The third-order valence-corrected chi connectivity index (χ3v) is 5.72. The molecule has 1 aliphatic heterocycles. The highest BCUT2D eigenvalue weighted by atomic mass is 19.1. The predicted molar refractivity (Wildman–Crippen MR) is 127 cm³/mol. The number of methoxy groups -OCH3 is 2. The van der Waals surface area contributed by atoms with Crippen molar-refractivity contribution in [1.82, 2.24) is 10.2 Å². The summed E-state index contributed by atoms with van der Waals surface area (Å²) in [6.07, 6.45) is 0.641. The molecule has 0 spiro atoms. The second-order valence-corrected chi connectivity index (χ2v) is 7.97. The lowest BCUT2D eigenvalue weighted by Gasteiger charge is -2.16. The van der Waals surface area contributed by atoms with Crippen LogP contribution in [0.5, 0.6) is 11.5 Å². The number of nitrogens with zero attached hydrogens (tertiary/aromatic N) is 1. The number of rotatable bonds is 7. The topological polar surface area (TPSA) is 79.9 Å². The monoisotopic (exact) mass is 463 g/mol. The number of urea groups is 1. The normalized spacial score (nSPS) is 12.1. The van der Waals surface area contributed by atoms with Crippen molar-refractivity contribution in [1.29, 1.82) is 0 Å². The fourth-order valence-electron chi connectivity index (χ4n) is 3.87. The van der Waals surface area contributed by atoms with E-state index >= 15 is 0 Å². The van der Waals surface area contributed by atoms with Gasteiger partial charge < -0.3 is 25.0 Å². The molecule has 1 aliphatic rings. The summed E-state index contributed by atoms with van der Waals surface area (Å²) in [7, 11) is 3.17. The van der Waals surface area contributed by atoms with Crippen LogP contribution in [0, 0.1) is 5.82 Å². The van der Waals surface area contributed by atoms with Crippen molar-refractivity contribution in [2.24, 2.45) is 0 Å². The maximum Gasteiger partial charge on any atom is 0.322 e. The van der Waals surface area contributed by atoms with Crippen LogP contribution in [0.3, 0.4) is 0 Å². The van der Waals surface area contributed by atoms with Crippen LogP contribution in [0.2, 0.25) is 0 Å². The minimum absolute atomic E-state index is 0.199. The first-order valence-electron chi connectivity index (χ1n) is 10.9. The van der Waals surface area contributed by atoms with Gasteiger partial charge in [0.1, 0.15) is 5.82 Å². The molecule has 0 saturated carbocycles. The highest BCUT2D eigenvalue weighted by Crippen LogP contribution is 2.27. The molecule has 1 heterocycles. The number of hydrogen-bond donors (Lipinski definition) is 2. The van der Waals surface area contributed by atoms with Crippen LogP contribution in [-0.4, -0.2) is 37.6 Å². The molecular weight excluding hydrogens is 437 g/mol. The lowest BCUT2D eigenvalue weighted by molar-refractivity contribution is 0.0954. The van der Waals surface area contributed by atoms with Gasteiger partial charge in [0.2, 0.25) is 0 Å². The van der Waals surface area contributed by atoms with Crippen LogP contribution in [0.1, 0.15) is 27.0 Å². The Bertz CT molecular complexity index is 1200. The maximum atomic E-state index is 13.4. The molecule has 0 fully saturated rings. The molecular formula is C26H26FN3O4. The van der Waals surface area contributed by atoms with Gasteiger partial charge in [0.15, 0.2) is 11.5 Å². The van der Waals surface area contributed by atoms with E-state index < -0.39 is 0 Å². The molecule has 3 aromatic carbocycles. The van der Waals surface area contributed by atoms with Crippen molar-refractivity contribution >= 4 is 17.6 Å². The summed E-state index contributed by atoms with van der Waals surface area (Å²) in [4.78, 5) is 26.7. The van der Waals surface area contributed by atoms with Gasteiger partial charge >= 0.3 is 6.03 Å². The first-order chi connectivity index (χ1) is 16.5. The Labute approximate surface area is 197 Å². The van der Waals surface area contributed by atoms with Crippen LogP contribution in [0.15, 0.2) is 60.7 Å². The molecule has 3 aromatic rings. The number of nitrogens with one attached hydrogen (secondary N) is 2. The van der Waals surface area contributed by atoms with Crippen molar-refractivity contribution in [3.05, 3.63) is 88.7 Å². The fraction of sp³-hybridized carbons (Fsp3) is 0.231. The molecule has 0 unspecified atom stereocenters. The number of carbonyl (C=O) groups excluding carboxylic acids is 2. The number of hydrogen-bond acceptors (Lipinski definition) is 4. The molecule has 34 heavy (non-hydrogen) atoms. The zero-order valence-corrected chi connectivity index (χ0v) is 19.1. The molecule has 176 valence electrons. The number of ether oxygens (including phenoxy) is 2. The minimum atomic E-state index is -0.307. The van der Waals surface area contributed by atoms with E-state index in [1.165, 1.54) is 12.1 Å². The Morgan fingerprint density at radius 3 is 2.38 bits per heavy atom. The van der Waals surface area contributed by atoms with Gasteiger partial charge in [0.25, 0.3) is 5.91 Å². The van der Waals surface area contributed by atoms with Crippen molar-refractivity contribution in [2.45, 2.75) is 19.5 Å². The first kappa shape index (κ1) is 23.1. The van der Waals surface area contributed by atoms with E-state index in [9.17, 15) is 14.0 Å². The molecule has 0 bridgehead atoms. The van der Waals surface area contributed by atoms with Gasteiger partial charge in [-0.05, 0) is 71.6 Å². The van der Waals surface area contributed by atoms with Gasteiger partial charge in [-0.3, -0.25) is 4.79 Å². The summed E-state index contributed by atoms with van der Waals surface area (Å²) in [5.74, 6) is 0.800. The summed E-state index contributed by atoms with van der Waals surface area (Å²) in [5.41, 5.74) is 3.85. The third kappa shape index (κ3) is 5.28. The molecule has 0 aliphatic carbocycles. The zero-order chi connectivity index (χ0) is 24.1. The molecule has 4 rings (SSSR count). The van der Waals surface area contributed by atoms with Gasteiger partial charge in [-0.25, -0.2) is 9.18 Å². The summed E-state index contributed by atoms with van der Waals surface area (Å²) in [6, 6.07) is 16.6. The number of anilines is 1. The molecule has 2 N–H and O–H groups in total. The quantitative estimate of drug-likeness (QED) is 0.546. The van der Waals surface area contributed by atoms with Crippen LogP contribution in [0.25, 0.3) is 0 Å². The second-order valence-electron chi connectivity index (χ2n) is 7.97. The van der Waals surface area contributed by atoms with Gasteiger partial charge in [0.05, 0.1) is 14.2 Å². The number of fused-ring (bicyclic) bond motifs is 1. The van der Waals surface area contributed by atoms with E-state index in [1.807, 2.05) is 18.2 Å². The summed E-state index contributed by atoms with van der Waals surface area (Å²) >= 11 is 0. The number of benzene rings is 3. The Morgan fingerprint density at radius 1 is 0.912 bits per heavy atom. The molecule has 3 amide bonds. The highest BCUT2D eigenvalue weighted by molar-refractivity contribution is 5.95. The van der Waals surface area contributed by atoms with Crippen LogP contribution in [0.4, 0.5) is 14.9 Å². The van der Waals surface area contributed by atoms with Crippen LogP contribution >= 0.6 is 0 Å². The van der Waals surface area contributed by atoms with E-state index in [0.29, 0.717) is 48.8 Å². The Kier molecular flexibility index (Phi) is 6.96. The predicted octanol–water partition coefficient (Wildman–Crippen LogP) is 4.36. The van der Waals surface area contributed by atoms with E-state index in [0.717, 1.165) is 16.7 Å². The van der Waals surface area contributed by atoms with Gasteiger partial charge in [0, 0.05) is 30.9 Å². The largest absolute Gasteiger partial charge is 0.493 e. The average molecular weight is 464 g/mol. The van der Waals surface area contributed by atoms with Gasteiger partial charge in [-0.1, -0.05) is 12.1 Å². The van der Waals surface area contributed by atoms with Crippen LogP contribution < -0.4 is 20.1 Å². The molecule has 0 radical (unpaired) electrons. The van der Waals surface area contributed by atoms with E-state index in [-0.39, 0.29) is 17.8 Å². The zero-order valence-electron chi connectivity index (χ0n) is 19.1. The van der Waals surface area contributed by atoms with Gasteiger partial charge in [-0.15, -0.1) is 0 Å². The standard InChI is InChI=1S/C26H26FN3O4/c1-33-23-10-3-17(13-24(23)34-2)11-12-28-25(31)18-5-8-22(9-6-18)29-26(32)30-15-19-4-7-21(27)14-20(19)16-30/h3-10,13-14H,11-12,15-16H2,1-2H3,(H,28,31)(H,29,32). The smallest absolute Gasteiger partial charge is 0.322 e. The van der Waals surface area contributed by atoms with Crippen LogP contribution in [-0.2, 0) is 19.5 Å². The van der Waals surface area contributed by atoms with Crippen molar-refractivity contribution in [3.63, 3.8) is 0 Å². The van der Waals surface area contributed by atoms with Crippen molar-refractivity contribution in [3.8, 4) is 11.5 Å². The van der Waals surface area contributed by atoms with E-state index in [4.69, 9.17) is 9.47 Å². The average Bonchev–Trinajstić information content (AvgIpc) is 3.27. The Hall–Kier alpha value is -4.07. The lowest BCUT2D eigenvalue weighted by atomic mass is 10.1. The molecule has 7 nitrogen and oxygen atoms in total. The van der Waals surface area contributed by atoms with Crippen molar-refractivity contribution in [2.75, 3.05) is 26.1 Å². The lowest BCUT2D eigenvalue weighted by Crippen LogP contribution is -2.30. The SMILES string of the molecule is COc1ccc(CCNC(=O)c2ccc(NC(=O)N3Cc4ccc(F)cc4C3)cc2)cc1OC. The summed E-state index contributed by atoms with van der Waals surface area (Å²) in [6.45, 7) is 1.25. The third-order valence-electron chi connectivity index (χ3n) is 5.72. The maximum absolute atomic E-state index is 13.4. The minimum Gasteiger partial charge on any atom is -0.493 e. The number of carbonyl (C=O) groups is 2.